The largest absolute Gasteiger partial charge is 0.452 e. The number of carbonyl (C=O) groups excluding carboxylic acids is 3. The van der Waals surface area contributed by atoms with Gasteiger partial charge in [0.2, 0.25) is 5.91 Å². The molecule has 1 unspecified atom stereocenters. The van der Waals surface area contributed by atoms with Crippen molar-refractivity contribution in [1.82, 2.24) is 0 Å². The first-order valence-electron chi connectivity index (χ1n) is 8.38. The van der Waals surface area contributed by atoms with Gasteiger partial charge in [-0.1, -0.05) is 18.2 Å². The molecule has 0 aromatic heterocycles. The van der Waals surface area contributed by atoms with E-state index in [2.05, 4.69) is 5.32 Å². The van der Waals surface area contributed by atoms with Crippen LogP contribution in [-0.2, 0) is 14.3 Å². The highest BCUT2D eigenvalue weighted by Gasteiger charge is 2.30. The van der Waals surface area contributed by atoms with Crippen LogP contribution in [0.2, 0.25) is 0 Å². The molecule has 3 rings (SSSR count). The summed E-state index contributed by atoms with van der Waals surface area (Å²) < 4.78 is 5.13. The zero-order valence-corrected chi connectivity index (χ0v) is 14.6. The molecule has 1 atom stereocenters. The van der Waals surface area contributed by atoms with Crippen molar-refractivity contribution in [3.63, 3.8) is 0 Å². The molecule has 0 bridgehead atoms. The number of fused-ring (bicyclic) bond motifs is 1. The highest BCUT2D eigenvalue weighted by Crippen LogP contribution is 2.31. The van der Waals surface area contributed by atoms with Gasteiger partial charge in [0.1, 0.15) is 0 Å². The number of rotatable bonds is 3. The number of amides is 2. The number of nitrogens with one attached hydrogen (secondary N) is 1. The van der Waals surface area contributed by atoms with Gasteiger partial charge in [-0.25, -0.2) is 4.79 Å². The van der Waals surface area contributed by atoms with Gasteiger partial charge in [0, 0.05) is 12.5 Å². The summed E-state index contributed by atoms with van der Waals surface area (Å²) in [6.07, 6.45) is 0.137. The number of ether oxygens (including phenoxy) is 1. The summed E-state index contributed by atoms with van der Waals surface area (Å²) in [6, 6.07) is 14.6. The van der Waals surface area contributed by atoms with Crippen molar-refractivity contribution in [2.24, 2.45) is 0 Å². The van der Waals surface area contributed by atoms with Crippen LogP contribution in [0.1, 0.15) is 29.3 Å². The van der Waals surface area contributed by atoms with Crippen molar-refractivity contribution in [2.75, 3.05) is 16.8 Å². The number of hydrogen-bond donors (Lipinski definition) is 1. The number of esters is 1. The predicted octanol–water partition coefficient (Wildman–Crippen LogP) is 2.48. The van der Waals surface area contributed by atoms with E-state index in [1.54, 1.807) is 43.3 Å². The third-order valence-corrected chi connectivity index (χ3v) is 4.18. The SMILES string of the molecule is CC1CC(=O)Nc2ccccc2N1C(=O)COC(=O)c1cccc(C#N)c1. The van der Waals surface area contributed by atoms with E-state index in [1.165, 1.54) is 17.0 Å². The van der Waals surface area contributed by atoms with Crippen molar-refractivity contribution in [1.29, 1.82) is 5.26 Å². The fraction of sp³-hybridized carbons (Fsp3) is 0.200. The molecule has 27 heavy (non-hydrogen) atoms. The topological polar surface area (TPSA) is 99.5 Å². The molecule has 2 amide bonds. The van der Waals surface area contributed by atoms with Gasteiger partial charge >= 0.3 is 5.97 Å². The first-order chi connectivity index (χ1) is 13.0. The molecule has 0 radical (unpaired) electrons. The third kappa shape index (κ3) is 3.96. The molecule has 1 N–H and O–H groups in total. The Morgan fingerprint density at radius 3 is 2.81 bits per heavy atom. The molecule has 0 aliphatic carbocycles. The fourth-order valence-corrected chi connectivity index (χ4v) is 2.96. The smallest absolute Gasteiger partial charge is 0.338 e. The Kier molecular flexibility index (Phi) is 5.18. The number of hydrogen-bond acceptors (Lipinski definition) is 5. The summed E-state index contributed by atoms with van der Waals surface area (Å²) in [4.78, 5) is 38.4. The summed E-state index contributed by atoms with van der Waals surface area (Å²) >= 11 is 0. The molecular weight excluding hydrogens is 346 g/mol. The lowest BCUT2D eigenvalue weighted by Gasteiger charge is -2.27. The van der Waals surface area contributed by atoms with Gasteiger partial charge in [0.15, 0.2) is 6.61 Å². The van der Waals surface area contributed by atoms with E-state index in [0.717, 1.165) is 0 Å². The van der Waals surface area contributed by atoms with Crippen molar-refractivity contribution >= 4 is 29.2 Å². The van der Waals surface area contributed by atoms with E-state index in [4.69, 9.17) is 10.00 Å². The molecule has 7 heteroatoms. The van der Waals surface area contributed by atoms with Crippen LogP contribution in [0.25, 0.3) is 0 Å². The van der Waals surface area contributed by atoms with Gasteiger partial charge in [-0.05, 0) is 37.3 Å². The van der Waals surface area contributed by atoms with Crippen LogP contribution in [0.15, 0.2) is 48.5 Å². The van der Waals surface area contributed by atoms with Gasteiger partial charge in [-0.15, -0.1) is 0 Å². The standard InChI is InChI=1S/C20H17N3O4/c1-13-9-18(24)22-16-7-2-3-8-17(16)23(13)19(25)12-27-20(26)15-6-4-5-14(10-15)11-21/h2-8,10,13H,9,12H2,1H3,(H,22,24). The summed E-state index contributed by atoms with van der Waals surface area (Å²) in [5.74, 6) is -1.31. The number of carbonyl (C=O) groups is 3. The zero-order chi connectivity index (χ0) is 19.4. The minimum Gasteiger partial charge on any atom is -0.452 e. The Bertz CT molecular complexity index is 948. The van der Waals surface area contributed by atoms with Crippen LogP contribution < -0.4 is 10.2 Å². The minimum absolute atomic E-state index is 0.137. The quantitative estimate of drug-likeness (QED) is 0.845. The molecule has 1 aliphatic heterocycles. The molecule has 0 spiro atoms. The van der Waals surface area contributed by atoms with Gasteiger partial charge in [-0.3, -0.25) is 9.59 Å². The number of benzene rings is 2. The van der Waals surface area contributed by atoms with E-state index < -0.39 is 18.5 Å². The maximum Gasteiger partial charge on any atom is 0.338 e. The molecule has 1 heterocycles. The highest BCUT2D eigenvalue weighted by atomic mass is 16.5. The van der Waals surface area contributed by atoms with Crippen molar-refractivity contribution < 1.29 is 19.1 Å². The summed E-state index contributed by atoms with van der Waals surface area (Å²) in [5, 5.41) is 11.7. The summed E-state index contributed by atoms with van der Waals surface area (Å²) in [7, 11) is 0. The third-order valence-electron chi connectivity index (χ3n) is 4.18. The Balaban J connectivity index is 1.76. The van der Waals surface area contributed by atoms with Crippen molar-refractivity contribution in [3.8, 4) is 6.07 Å². The monoisotopic (exact) mass is 363 g/mol. The fourth-order valence-electron chi connectivity index (χ4n) is 2.96. The Morgan fingerprint density at radius 2 is 2.04 bits per heavy atom. The molecule has 7 nitrogen and oxygen atoms in total. The molecule has 0 saturated carbocycles. The second-order valence-electron chi connectivity index (χ2n) is 6.15. The number of nitriles is 1. The maximum atomic E-state index is 12.7. The van der Waals surface area contributed by atoms with E-state index >= 15 is 0 Å². The van der Waals surface area contributed by atoms with Gasteiger partial charge in [0.05, 0.1) is 28.6 Å². The van der Waals surface area contributed by atoms with Crippen LogP contribution in [0, 0.1) is 11.3 Å². The maximum absolute atomic E-state index is 12.7. The average Bonchev–Trinajstić information content (AvgIpc) is 2.80. The Labute approximate surface area is 156 Å². The summed E-state index contributed by atoms with van der Waals surface area (Å²) in [6.45, 7) is 1.29. The van der Waals surface area contributed by atoms with Crippen LogP contribution in [0.5, 0.6) is 0 Å². The zero-order valence-electron chi connectivity index (χ0n) is 14.6. The molecular formula is C20H17N3O4. The number of nitrogens with zero attached hydrogens (tertiary/aromatic N) is 2. The second kappa shape index (κ2) is 7.70. The van der Waals surface area contributed by atoms with E-state index in [1.807, 2.05) is 6.07 Å². The van der Waals surface area contributed by atoms with Crippen LogP contribution in [0.3, 0.4) is 0 Å². The number of para-hydroxylation sites is 2. The molecule has 136 valence electrons. The molecule has 0 fully saturated rings. The average molecular weight is 363 g/mol. The first-order valence-corrected chi connectivity index (χ1v) is 8.38. The second-order valence-corrected chi connectivity index (χ2v) is 6.15. The minimum atomic E-state index is -0.689. The van der Waals surface area contributed by atoms with E-state index in [0.29, 0.717) is 16.9 Å². The number of anilines is 2. The van der Waals surface area contributed by atoms with Crippen molar-refractivity contribution in [2.45, 2.75) is 19.4 Å². The first kappa shape index (κ1) is 18.1. The van der Waals surface area contributed by atoms with E-state index in [9.17, 15) is 14.4 Å². The summed E-state index contributed by atoms with van der Waals surface area (Å²) in [5.41, 5.74) is 1.62. The van der Waals surface area contributed by atoms with Gasteiger partial charge in [0.25, 0.3) is 5.91 Å². The van der Waals surface area contributed by atoms with Gasteiger partial charge < -0.3 is 15.0 Å². The Morgan fingerprint density at radius 1 is 1.26 bits per heavy atom. The Hall–Kier alpha value is -3.66. The van der Waals surface area contributed by atoms with Crippen LogP contribution in [0.4, 0.5) is 11.4 Å². The lowest BCUT2D eigenvalue weighted by molar-refractivity contribution is -0.122. The van der Waals surface area contributed by atoms with Crippen molar-refractivity contribution in [3.05, 3.63) is 59.7 Å². The molecule has 0 saturated heterocycles. The van der Waals surface area contributed by atoms with Gasteiger partial charge in [-0.2, -0.15) is 5.26 Å². The van der Waals surface area contributed by atoms with Crippen LogP contribution >= 0.6 is 0 Å². The molecule has 2 aromatic rings. The van der Waals surface area contributed by atoms with E-state index in [-0.39, 0.29) is 23.9 Å². The molecule has 1 aliphatic rings. The molecule has 2 aromatic carbocycles. The predicted molar refractivity (Wildman–Crippen MR) is 98.1 cm³/mol. The highest BCUT2D eigenvalue weighted by molar-refractivity contribution is 6.05. The normalized spacial score (nSPS) is 15.8. The lowest BCUT2D eigenvalue weighted by Crippen LogP contribution is -2.41. The lowest BCUT2D eigenvalue weighted by atomic mass is 10.1. The van der Waals surface area contributed by atoms with Crippen LogP contribution in [-0.4, -0.2) is 30.4 Å².